The van der Waals surface area contributed by atoms with Crippen LogP contribution in [0.15, 0.2) is 30.3 Å². The molecule has 194 valence electrons. The van der Waals surface area contributed by atoms with Gasteiger partial charge in [-0.1, -0.05) is 6.07 Å². The Kier molecular flexibility index (Phi) is 8.17. The number of nitrogens with zero attached hydrogens (tertiary/aromatic N) is 4. The van der Waals surface area contributed by atoms with Gasteiger partial charge in [0.2, 0.25) is 5.88 Å². The van der Waals surface area contributed by atoms with E-state index in [4.69, 9.17) is 18.4 Å². The van der Waals surface area contributed by atoms with Crippen molar-refractivity contribution < 1.29 is 28.0 Å². The summed E-state index contributed by atoms with van der Waals surface area (Å²) in [4.78, 5) is 38.0. The molecule has 2 aromatic rings. The van der Waals surface area contributed by atoms with Crippen LogP contribution < -0.4 is 19.9 Å². The molecule has 12 heteroatoms. The van der Waals surface area contributed by atoms with Crippen molar-refractivity contribution in [2.75, 3.05) is 48.5 Å². The molecule has 2 aliphatic heterocycles. The molecule has 0 spiro atoms. The third-order valence-electron chi connectivity index (χ3n) is 5.98. The van der Waals surface area contributed by atoms with Gasteiger partial charge in [-0.05, 0) is 64.2 Å². The first-order valence-corrected chi connectivity index (χ1v) is 12.2. The zero-order chi connectivity index (χ0) is 25.7. The number of urea groups is 1. The molecule has 2 aromatic heterocycles. The SMILES string of the molecule is COC(=O)c1ccc2c(n1)N(C(=O)Nc1cccc(OCCCCOC(C)(C)OS)n1)C1CCN2C1. The van der Waals surface area contributed by atoms with Crippen molar-refractivity contribution in [3.05, 3.63) is 36.0 Å². The van der Waals surface area contributed by atoms with E-state index in [-0.39, 0.29) is 17.8 Å². The highest BCUT2D eigenvalue weighted by Gasteiger charge is 2.40. The second kappa shape index (κ2) is 11.3. The summed E-state index contributed by atoms with van der Waals surface area (Å²) in [6, 6.07) is 8.19. The number of ether oxygens (including phenoxy) is 3. The molecule has 11 nitrogen and oxygen atoms in total. The lowest BCUT2D eigenvalue weighted by Gasteiger charge is -2.35. The minimum absolute atomic E-state index is 0.0579. The fraction of sp³-hybridized carbons (Fsp3) is 0.500. The fourth-order valence-corrected chi connectivity index (χ4v) is 4.20. The molecule has 0 saturated carbocycles. The molecule has 1 unspecified atom stereocenters. The Morgan fingerprint density at radius 2 is 1.97 bits per heavy atom. The summed E-state index contributed by atoms with van der Waals surface area (Å²) >= 11 is 3.79. The summed E-state index contributed by atoms with van der Waals surface area (Å²) < 4.78 is 21.0. The number of nitrogens with one attached hydrogen (secondary N) is 1. The van der Waals surface area contributed by atoms with Crippen molar-refractivity contribution >= 4 is 42.2 Å². The van der Waals surface area contributed by atoms with Crippen LogP contribution in [0.25, 0.3) is 0 Å². The average Bonchev–Trinajstić information content (AvgIpc) is 3.29. The van der Waals surface area contributed by atoms with Gasteiger partial charge in [0.15, 0.2) is 17.3 Å². The summed E-state index contributed by atoms with van der Waals surface area (Å²) in [7, 11) is 1.30. The Bertz CT molecular complexity index is 1100. The van der Waals surface area contributed by atoms with E-state index in [1.807, 2.05) is 0 Å². The third-order valence-corrected chi connectivity index (χ3v) is 6.42. The maximum absolute atomic E-state index is 13.3. The Hall–Kier alpha value is -3.09. The number of carbonyl (C=O) groups is 2. The molecule has 36 heavy (non-hydrogen) atoms. The van der Waals surface area contributed by atoms with Gasteiger partial charge in [-0.25, -0.2) is 14.6 Å². The Morgan fingerprint density at radius 3 is 2.75 bits per heavy atom. The number of pyridine rings is 2. The largest absolute Gasteiger partial charge is 0.478 e. The molecule has 2 amide bonds. The van der Waals surface area contributed by atoms with E-state index in [0.29, 0.717) is 37.3 Å². The van der Waals surface area contributed by atoms with Crippen molar-refractivity contribution in [3.8, 4) is 5.88 Å². The Morgan fingerprint density at radius 1 is 1.17 bits per heavy atom. The molecule has 1 saturated heterocycles. The predicted molar refractivity (Wildman–Crippen MR) is 137 cm³/mol. The molecule has 1 fully saturated rings. The standard InChI is InChI=1S/C24H31N5O6S/c1-24(2,35-36)34-14-5-4-13-33-20-8-6-7-19(26-20)27-23(31)29-16-11-12-28(15-16)18-10-9-17(22(30)32-3)25-21(18)29/h6-10,16,36H,4-5,11-15H2,1-3H3,(H,26,27,31). The molecule has 0 aliphatic carbocycles. The molecule has 0 aromatic carbocycles. The number of unbranched alkanes of at least 4 members (excludes halogenated alkanes) is 1. The Balaban J connectivity index is 1.38. The van der Waals surface area contributed by atoms with Gasteiger partial charge in [-0.2, -0.15) is 4.98 Å². The monoisotopic (exact) mass is 517 g/mol. The number of hydrogen-bond donors (Lipinski definition) is 2. The van der Waals surface area contributed by atoms with E-state index in [9.17, 15) is 9.59 Å². The van der Waals surface area contributed by atoms with E-state index >= 15 is 0 Å². The van der Waals surface area contributed by atoms with Crippen molar-refractivity contribution in [1.82, 2.24) is 9.97 Å². The third kappa shape index (κ3) is 6.00. The lowest BCUT2D eigenvalue weighted by molar-refractivity contribution is -0.145. The first-order chi connectivity index (χ1) is 17.3. The van der Waals surface area contributed by atoms with Crippen molar-refractivity contribution in [1.29, 1.82) is 0 Å². The minimum Gasteiger partial charge on any atom is -0.478 e. The summed E-state index contributed by atoms with van der Waals surface area (Å²) in [6.45, 7) is 6.07. The van der Waals surface area contributed by atoms with E-state index in [2.05, 4.69) is 33.1 Å². The van der Waals surface area contributed by atoms with Crippen LogP contribution >= 0.6 is 12.9 Å². The topological polar surface area (TPSA) is 115 Å². The second-order valence-corrected chi connectivity index (χ2v) is 9.16. The highest BCUT2D eigenvalue weighted by atomic mass is 32.1. The van der Waals surface area contributed by atoms with Crippen LogP contribution in [0.4, 0.5) is 22.1 Å². The van der Waals surface area contributed by atoms with Crippen LogP contribution in [-0.4, -0.2) is 67.2 Å². The van der Waals surface area contributed by atoms with E-state index < -0.39 is 11.8 Å². The van der Waals surface area contributed by atoms with Gasteiger partial charge in [0.1, 0.15) is 5.82 Å². The molecule has 2 bridgehead atoms. The van der Waals surface area contributed by atoms with Crippen LogP contribution in [0.5, 0.6) is 5.88 Å². The first kappa shape index (κ1) is 26.0. The number of aromatic nitrogens is 2. The maximum atomic E-state index is 13.3. The molecule has 0 radical (unpaired) electrons. The van der Waals surface area contributed by atoms with Gasteiger partial charge in [-0.3, -0.25) is 14.4 Å². The zero-order valence-electron chi connectivity index (χ0n) is 20.6. The minimum atomic E-state index is -0.736. The maximum Gasteiger partial charge on any atom is 0.356 e. The smallest absolute Gasteiger partial charge is 0.356 e. The lowest BCUT2D eigenvalue weighted by Crippen LogP contribution is -2.48. The molecule has 4 heterocycles. The number of esters is 1. The van der Waals surface area contributed by atoms with Crippen molar-refractivity contribution in [2.45, 2.75) is 44.9 Å². The Labute approximate surface area is 215 Å². The summed E-state index contributed by atoms with van der Waals surface area (Å²) in [5.74, 6) is -0.0853. The number of amides is 2. The normalized spacial score (nSPS) is 16.5. The van der Waals surface area contributed by atoms with Gasteiger partial charge < -0.3 is 19.1 Å². The van der Waals surface area contributed by atoms with Crippen LogP contribution in [0.1, 0.15) is 43.6 Å². The van der Waals surface area contributed by atoms with E-state index in [1.54, 1.807) is 49.1 Å². The highest BCUT2D eigenvalue weighted by Crippen LogP contribution is 2.39. The first-order valence-electron chi connectivity index (χ1n) is 11.8. The molecule has 1 N–H and O–H groups in total. The van der Waals surface area contributed by atoms with Crippen LogP contribution in [-0.2, 0) is 13.7 Å². The van der Waals surface area contributed by atoms with Gasteiger partial charge in [0.05, 0.1) is 32.1 Å². The number of rotatable bonds is 10. The van der Waals surface area contributed by atoms with Gasteiger partial charge in [0, 0.05) is 19.2 Å². The number of thiol groups is 1. The van der Waals surface area contributed by atoms with E-state index in [0.717, 1.165) is 31.5 Å². The molecular formula is C24H31N5O6S. The summed E-state index contributed by atoms with van der Waals surface area (Å²) in [5.41, 5.74) is 0.960. The van der Waals surface area contributed by atoms with Crippen LogP contribution in [0, 0.1) is 0 Å². The lowest BCUT2D eigenvalue weighted by atomic mass is 10.2. The molecule has 1 atom stereocenters. The summed E-state index contributed by atoms with van der Waals surface area (Å²) in [5, 5.41) is 2.85. The van der Waals surface area contributed by atoms with Gasteiger partial charge >= 0.3 is 12.0 Å². The van der Waals surface area contributed by atoms with Crippen molar-refractivity contribution in [3.63, 3.8) is 0 Å². The molecule has 2 aliphatic rings. The number of anilines is 3. The van der Waals surface area contributed by atoms with Gasteiger partial charge in [0.25, 0.3) is 0 Å². The number of methoxy groups -OCH3 is 1. The van der Waals surface area contributed by atoms with Crippen LogP contribution in [0.3, 0.4) is 0 Å². The molecular weight excluding hydrogens is 486 g/mol. The van der Waals surface area contributed by atoms with Crippen LogP contribution in [0.2, 0.25) is 0 Å². The highest BCUT2D eigenvalue weighted by molar-refractivity contribution is 7.75. The fourth-order valence-electron chi connectivity index (χ4n) is 4.15. The number of hydrogen-bond acceptors (Lipinski definition) is 10. The predicted octanol–water partition coefficient (Wildman–Crippen LogP) is 3.67. The number of fused-ring (bicyclic) bond motifs is 4. The van der Waals surface area contributed by atoms with Gasteiger partial charge in [-0.15, -0.1) is 0 Å². The number of carbonyl (C=O) groups excluding carboxylic acids is 2. The van der Waals surface area contributed by atoms with Crippen molar-refractivity contribution in [2.24, 2.45) is 0 Å². The van der Waals surface area contributed by atoms with E-state index in [1.165, 1.54) is 7.11 Å². The average molecular weight is 518 g/mol. The zero-order valence-corrected chi connectivity index (χ0v) is 21.5. The molecule has 4 rings (SSSR count). The quantitative estimate of drug-likeness (QED) is 0.160. The second-order valence-electron chi connectivity index (χ2n) is 8.98. The summed E-state index contributed by atoms with van der Waals surface area (Å²) in [6.07, 6.45) is 2.34.